The summed E-state index contributed by atoms with van der Waals surface area (Å²) in [4.78, 5) is 0. The Bertz CT molecular complexity index is 294. The maximum Gasteiger partial charge on any atom is 0.139 e. The van der Waals surface area contributed by atoms with Crippen molar-refractivity contribution >= 4 is 5.69 Å². The van der Waals surface area contributed by atoms with Gasteiger partial charge in [-0.3, -0.25) is 0 Å². The third kappa shape index (κ3) is 2.07. The second-order valence-electron chi connectivity index (χ2n) is 3.14. The Labute approximate surface area is 85.0 Å². The van der Waals surface area contributed by atoms with Gasteiger partial charge in [0.15, 0.2) is 0 Å². The zero-order valence-electron chi connectivity index (χ0n) is 9.21. The molecule has 0 aliphatic heterocycles. The fourth-order valence-electron chi connectivity index (χ4n) is 1.48. The number of nitrogens with two attached hydrogens (primary N) is 1. The molecule has 1 aromatic heterocycles. The number of hydrogen-bond acceptors (Lipinski definition) is 3. The van der Waals surface area contributed by atoms with Crippen molar-refractivity contribution in [3.63, 3.8) is 0 Å². The zero-order chi connectivity index (χ0) is 10.6. The predicted molar refractivity (Wildman–Crippen MR) is 57.0 cm³/mol. The Morgan fingerprint density at radius 1 is 1.29 bits per heavy atom. The molecule has 0 aliphatic rings. The summed E-state index contributed by atoms with van der Waals surface area (Å²) in [5, 5.41) is 4.40. The quantitative estimate of drug-likeness (QED) is 0.779. The summed E-state index contributed by atoms with van der Waals surface area (Å²) >= 11 is 0. The minimum absolute atomic E-state index is 0.504. The summed E-state index contributed by atoms with van der Waals surface area (Å²) < 4.78 is 7.18. The first-order valence-corrected chi connectivity index (χ1v) is 5.16. The van der Waals surface area contributed by atoms with Gasteiger partial charge in [0.05, 0.1) is 17.1 Å². The molecular formula is C10H19N3O. The molecule has 0 aliphatic carbocycles. The molecule has 1 heterocycles. The molecule has 4 heteroatoms. The number of aryl methyl sites for hydroxylation is 1. The number of rotatable bonds is 5. The van der Waals surface area contributed by atoms with Gasteiger partial charge in [-0.2, -0.15) is 5.10 Å². The molecule has 80 valence electrons. The largest absolute Gasteiger partial charge is 0.396 e. The van der Waals surface area contributed by atoms with Crippen molar-refractivity contribution in [3.8, 4) is 0 Å². The third-order valence-corrected chi connectivity index (χ3v) is 2.26. The molecule has 0 aromatic carbocycles. The number of nitrogens with zero attached hydrogens (tertiary/aromatic N) is 2. The highest BCUT2D eigenvalue weighted by Crippen LogP contribution is 2.18. The van der Waals surface area contributed by atoms with E-state index < -0.39 is 0 Å². The Balaban J connectivity index is 2.90. The Kier molecular flexibility index (Phi) is 3.95. The number of anilines is 1. The highest BCUT2D eigenvalue weighted by atomic mass is 16.5. The van der Waals surface area contributed by atoms with Crippen LogP contribution in [-0.4, -0.2) is 16.4 Å². The van der Waals surface area contributed by atoms with E-state index in [1.807, 2.05) is 11.6 Å². The van der Waals surface area contributed by atoms with Crippen LogP contribution >= 0.6 is 0 Å². The Morgan fingerprint density at radius 3 is 2.50 bits per heavy atom. The first-order valence-electron chi connectivity index (χ1n) is 5.16. The molecule has 0 unspecified atom stereocenters. The molecule has 0 radical (unpaired) electrons. The van der Waals surface area contributed by atoms with E-state index in [-0.39, 0.29) is 0 Å². The van der Waals surface area contributed by atoms with Gasteiger partial charge >= 0.3 is 0 Å². The van der Waals surface area contributed by atoms with E-state index in [1.165, 1.54) is 0 Å². The first kappa shape index (κ1) is 11.0. The molecule has 0 atom stereocenters. The van der Waals surface area contributed by atoms with Gasteiger partial charge in [0.25, 0.3) is 0 Å². The van der Waals surface area contributed by atoms with E-state index in [2.05, 4.69) is 18.9 Å². The van der Waals surface area contributed by atoms with Crippen molar-refractivity contribution in [2.75, 3.05) is 12.3 Å². The van der Waals surface area contributed by atoms with Crippen LogP contribution < -0.4 is 5.73 Å². The fraction of sp³-hybridized carbons (Fsp3) is 0.700. The lowest BCUT2D eigenvalue weighted by atomic mass is 10.2. The maximum atomic E-state index is 5.96. The average Bonchev–Trinajstić information content (AvgIpc) is 2.51. The lowest BCUT2D eigenvalue weighted by Gasteiger charge is -2.05. The monoisotopic (exact) mass is 197 g/mol. The number of hydrogen-bond donors (Lipinski definition) is 1. The van der Waals surface area contributed by atoms with E-state index >= 15 is 0 Å². The molecule has 14 heavy (non-hydrogen) atoms. The van der Waals surface area contributed by atoms with Crippen LogP contribution in [0, 0.1) is 0 Å². The average molecular weight is 197 g/mol. The van der Waals surface area contributed by atoms with Crippen LogP contribution in [0.15, 0.2) is 0 Å². The van der Waals surface area contributed by atoms with Crippen molar-refractivity contribution in [2.24, 2.45) is 0 Å². The number of ether oxygens (including phenoxy) is 1. The van der Waals surface area contributed by atoms with E-state index in [0.717, 1.165) is 29.9 Å². The molecule has 2 N–H and O–H groups in total. The van der Waals surface area contributed by atoms with Crippen LogP contribution in [-0.2, 0) is 24.3 Å². The topological polar surface area (TPSA) is 53.1 Å². The summed E-state index contributed by atoms with van der Waals surface area (Å²) in [6.07, 6.45) is 1.77. The van der Waals surface area contributed by atoms with Crippen LogP contribution in [0.1, 0.15) is 32.2 Å². The van der Waals surface area contributed by atoms with Gasteiger partial charge in [0, 0.05) is 6.61 Å². The fourth-order valence-corrected chi connectivity index (χ4v) is 1.48. The lowest BCUT2D eigenvalue weighted by molar-refractivity contribution is 0.0770. The summed E-state index contributed by atoms with van der Waals surface area (Å²) in [5.41, 5.74) is 8.84. The van der Waals surface area contributed by atoms with Gasteiger partial charge in [-0.1, -0.05) is 13.8 Å². The van der Waals surface area contributed by atoms with E-state index in [1.54, 1.807) is 0 Å². The first-order chi connectivity index (χ1) is 6.74. The van der Waals surface area contributed by atoms with Gasteiger partial charge in [-0.15, -0.1) is 0 Å². The van der Waals surface area contributed by atoms with Crippen LogP contribution in [0.5, 0.6) is 0 Å². The second-order valence-corrected chi connectivity index (χ2v) is 3.14. The highest BCUT2D eigenvalue weighted by Gasteiger charge is 2.11. The van der Waals surface area contributed by atoms with Crippen LogP contribution in [0.4, 0.5) is 5.69 Å². The van der Waals surface area contributed by atoms with Crippen molar-refractivity contribution < 1.29 is 4.74 Å². The lowest BCUT2D eigenvalue weighted by Crippen LogP contribution is -2.08. The molecule has 1 rings (SSSR count). The van der Waals surface area contributed by atoms with Gasteiger partial charge in [0.2, 0.25) is 0 Å². The summed E-state index contributed by atoms with van der Waals surface area (Å²) in [7, 11) is 0. The van der Waals surface area contributed by atoms with Crippen molar-refractivity contribution in [1.29, 1.82) is 0 Å². The minimum Gasteiger partial charge on any atom is -0.396 e. The maximum absolute atomic E-state index is 5.96. The zero-order valence-corrected chi connectivity index (χ0v) is 9.21. The molecule has 1 aromatic rings. The van der Waals surface area contributed by atoms with Gasteiger partial charge in [0.1, 0.15) is 6.73 Å². The smallest absolute Gasteiger partial charge is 0.139 e. The second kappa shape index (κ2) is 5.00. The van der Waals surface area contributed by atoms with Crippen molar-refractivity contribution in [3.05, 3.63) is 11.4 Å². The molecule has 0 fully saturated rings. The predicted octanol–water partition coefficient (Wildman–Crippen LogP) is 1.58. The normalized spacial score (nSPS) is 10.8. The van der Waals surface area contributed by atoms with Crippen LogP contribution in [0.2, 0.25) is 0 Å². The third-order valence-electron chi connectivity index (χ3n) is 2.26. The number of aromatic nitrogens is 2. The molecule has 0 saturated carbocycles. The van der Waals surface area contributed by atoms with E-state index in [4.69, 9.17) is 10.5 Å². The molecule has 0 saturated heterocycles. The van der Waals surface area contributed by atoms with Gasteiger partial charge in [-0.25, -0.2) is 4.68 Å². The Hall–Kier alpha value is -1.03. The summed E-state index contributed by atoms with van der Waals surface area (Å²) in [6.45, 7) is 7.31. The van der Waals surface area contributed by atoms with Gasteiger partial charge < -0.3 is 10.5 Å². The summed E-state index contributed by atoms with van der Waals surface area (Å²) in [5.74, 6) is 0. The molecular weight excluding hydrogens is 178 g/mol. The SMILES string of the molecule is CCOCn1nc(CC)c(N)c1CC. The molecule has 0 bridgehead atoms. The van der Waals surface area contributed by atoms with E-state index in [0.29, 0.717) is 13.3 Å². The minimum atomic E-state index is 0.504. The van der Waals surface area contributed by atoms with Crippen LogP contribution in [0.3, 0.4) is 0 Å². The van der Waals surface area contributed by atoms with Crippen LogP contribution in [0.25, 0.3) is 0 Å². The Morgan fingerprint density at radius 2 is 2.00 bits per heavy atom. The number of nitrogen functional groups attached to an aromatic ring is 1. The van der Waals surface area contributed by atoms with Gasteiger partial charge in [-0.05, 0) is 19.8 Å². The highest BCUT2D eigenvalue weighted by molar-refractivity contribution is 5.48. The summed E-state index contributed by atoms with van der Waals surface area (Å²) in [6, 6.07) is 0. The van der Waals surface area contributed by atoms with Crippen molar-refractivity contribution in [1.82, 2.24) is 9.78 Å². The molecule has 0 amide bonds. The van der Waals surface area contributed by atoms with Crippen molar-refractivity contribution in [2.45, 2.75) is 40.3 Å². The molecule has 4 nitrogen and oxygen atoms in total. The van der Waals surface area contributed by atoms with E-state index in [9.17, 15) is 0 Å². The molecule has 0 spiro atoms. The standard InChI is InChI=1S/C10H19N3O/c1-4-8-10(11)9(5-2)13(12-8)7-14-6-3/h4-7,11H2,1-3H3.